The number of para-hydroxylation sites is 2. The van der Waals surface area contributed by atoms with Gasteiger partial charge < -0.3 is 9.30 Å². The molecule has 9 aromatic rings. The Morgan fingerprint density at radius 3 is 1.73 bits per heavy atom. The van der Waals surface area contributed by atoms with Crippen LogP contribution in [0.25, 0.3) is 77.8 Å². The maximum absolute atomic E-state index is 6.13. The second-order valence-corrected chi connectivity index (χ2v) is 14.4. The van der Waals surface area contributed by atoms with Crippen LogP contribution in [-0.2, 0) is 0 Å². The standard InChI is InChI=1S/C46H33NO.C7H8/c1-29-11-7-8-14-37(29)41-25-32(18-17-30(41)2)34-21-24-44-43(27-34)39-23-20-35(28-45(39)47(44)36-12-5-4-6-13-36)33-19-22-38-40-15-9-10-16-46(40)48-31(3)42(38)26-33;1-7-5-3-2-4-6-7/h4-28H,3H2,1-2H3;2-6H,1H3. The summed E-state index contributed by atoms with van der Waals surface area (Å²) in [5.74, 6) is 1.53. The molecule has 0 amide bonds. The third kappa shape index (κ3) is 6.32. The van der Waals surface area contributed by atoms with Gasteiger partial charge in [0.2, 0.25) is 0 Å². The minimum absolute atomic E-state index is 0.680. The molecule has 0 unspecified atom stereocenters. The summed E-state index contributed by atoms with van der Waals surface area (Å²) >= 11 is 0. The highest BCUT2D eigenvalue weighted by molar-refractivity contribution is 6.11. The van der Waals surface area contributed by atoms with Crippen LogP contribution in [0.4, 0.5) is 0 Å². The Kier molecular flexibility index (Phi) is 8.72. The minimum Gasteiger partial charge on any atom is -0.457 e. The average molecular weight is 708 g/mol. The number of aryl methyl sites for hydroxylation is 3. The Bertz CT molecular complexity index is 2880. The largest absolute Gasteiger partial charge is 0.457 e. The van der Waals surface area contributed by atoms with E-state index in [9.17, 15) is 0 Å². The van der Waals surface area contributed by atoms with Crippen LogP contribution in [0, 0.1) is 20.8 Å². The molecule has 2 nitrogen and oxygen atoms in total. The molecule has 0 N–H and O–H groups in total. The first-order chi connectivity index (χ1) is 26.9. The number of aromatic nitrogens is 1. The third-order valence-electron chi connectivity index (χ3n) is 10.8. The van der Waals surface area contributed by atoms with E-state index >= 15 is 0 Å². The third-order valence-corrected chi connectivity index (χ3v) is 10.8. The van der Waals surface area contributed by atoms with E-state index in [4.69, 9.17) is 4.74 Å². The Balaban J connectivity index is 0.000000513. The van der Waals surface area contributed by atoms with Crippen LogP contribution >= 0.6 is 0 Å². The lowest BCUT2D eigenvalue weighted by Crippen LogP contribution is -2.03. The topological polar surface area (TPSA) is 14.2 Å². The molecule has 264 valence electrons. The predicted octanol–water partition coefficient (Wildman–Crippen LogP) is 14.4. The monoisotopic (exact) mass is 707 g/mol. The van der Waals surface area contributed by atoms with Crippen molar-refractivity contribution in [3.05, 3.63) is 211 Å². The molecule has 1 aromatic heterocycles. The predicted molar refractivity (Wildman–Crippen MR) is 233 cm³/mol. The van der Waals surface area contributed by atoms with Gasteiger partial charge in [0.1, 0.15) is 11.5 Å². The molecule has 0 spiro atoms. The molecule has 0 fully saturated rings. The van der Waals surface area contributed by atoms with Gasteiger partial charge >= 0.3 is 0 Å². The maximum atomic E-state index is 6.13. The zero-order valence-corrected chi connectivity index (χ0v) is 31.4. The first-order valence-electron chi connectivity index (χ1n) is 18.9. The summed E-state index contributed by atoms with van der Waals surface area (Å²) in [5, 5.41) is 2.46. The van der Waals surface area contributed by atoms with Crippen LogP contribution in [0.5, 0.6) is 5.75 Å². The maximum Gasteiger partial charge on any atom is 0.135 e. The van der Waals surface area contributed by atoms with Crippen molar-refractivity contribution in [3.63, 3.8) is 0 Å². The van der Waals surface area contributed by atoms with Gasteiger partial charge in [0.05, 0.1) is 11.0 Å². The van der Waals surface area contributed by atoms with E-state index in [1.165, 1.54) is 60.8 Å². The zero-order valence-electron chi connectivity index (χ0n) is 31.4. The number of rotatable bonds is 4. The molecule has 2 heterocycles. The highest BCUT2D eigenvalue weighted by Crippen LogP contribution is 2.44. The fourth-order valence-corrected chi connectivity index (χ4v) is 7.89. The summed E-state index contributed by atoms with van der Waals surface area (Å²) in [7, 11) is 0. The lowest BCUT2D eigenvalue weighted by Gasteiger charge is -2.22. The van der Waals surface area contributed by atoms with Crippen molar-refractivity contribution in [3.8, 4) is 55.9 Å². The van der Waals surface area contributed by atoms with E-state index in [-0.39, 0.29) is 0 Å². The summed E-state index contributed by atoms with van der Waals surface area (Å²) in [6.45, 7) is 10.7. The van der Waals surface area contributed by atoms with Crippen LogP contribution in [0.15, 0.2) is 189 Å². The number of hydrogen-bond acceptors (Lipinski definition) is 1. The summed E-state index contributed by atoms with van der Waals surface area (Å²) in [6.07, 6.45) is 0. The summed E-state index contributed by atoms with van der Waals surface area (Å²) in [6, 6.07) is 65.0. The highest BCUT2D eigenvalue weighted by atomic mass is 16.5. The zero-order chi connectivity index (χ0) is 37.5. The molecule has 2 heteroatoms. The summed E-state index contributed by atoms with van der Waals surface area (Å²) in [5.41, 5.74) is 18.0. The number of benzene rings is 8. The minimum atomic E-state index is 0.680. The van der Waals surface area contributed by atoms with Crippen LogP contribution < -0.4 is 4.74 Å². The van der Waals surface area contributed by atoms with Crippen molar-refractivity contribution in [2.24, 2.45) is 0 Å². The van der Waals surface area contributed by atoms with Crippen LogP contribution in [0.2, 0.25) is 0 Å². The van der Waals surface area contributed by atoms with Gasteiger partial charge in [0.25, 0.3) is 0 Å². The van der Waals surface area contributed by atoms with E-state index < -0.39 is 0 Å². The molecule has 1 aliphatic heterocycles. The molecule has 55 heavy (non-hydrogen) atoms. The lowest BCUT2D eigenvalue weighted by molar-refractivity contribution is 0.513. The van der Waals surface area contributed by atoms with Gasteiger partial charge in [-0.1, -0.05) is 146 Å². The fourth-order valence-electron chi connectivity index (χ4n) is 7.89. The first-order valence-corrected chi connectivity index (χ1v) is 18.9. The van der Waals surface area contributed by atoms with Gasteiger partial charge in [0, 0.05) is 27.6 Å². The van der Waals surface area contributed by atoms with Gasteiger partial charge in [-0.15, -0.1) is 0 Å². The molecule has 0 atom stereocenters. The van der Waals surface area contributed by atoms with Crippen molar-refractivity contribution in [1.29, 1.82) is 0 Å². The van der Waals surface area contributed by atoms with E-state index in [0.717, 1.165) is 39.3 Å². The van der Waals surface area contributed by atoms with Crippen LogP contribution in [0.1, 0.15) is 22.3 Å². The average Bonchev–Trinajstić information content (AvgIpc) is 3.55. The molecule has 0 radical (unpaired) electrons. The summed E-state index contributed by atoms with van der Waals surface area (Å²) < 4.78 is 8.52. The molecule has 8 aromatic carbocycles. The molecule has 0 aliphatic carbocycles. The fraction of sp³-hybridized carbons (Fsp3) is 0.0566. The van der Waals surface area contributed by atoms with E-state index in [1.54, 1.807) is 0 Å². The quantitative estimate of drug-likeness (QED) is 0.178. The van der Waals surface area contributed by atoms with Gasteiger partial charge in [0.15, 0.2) is 0 Å². The first kappa shape index (κ1) is 33.9. The lowest BCUT2D eigenvalue weighted by atomic mass is 9.91. The smallest absolute Gasteiger partial charge is 0.135 e. The molecule has 0 bridgehead atoms. The van der Waals surface area contributed by atoms with Gasteiger partial charge in [-0.25, -0.2) is 0 Å². The second kappa shape index (κ2) is 14.2. The van der Waals surface area contributed by atoms with Crippen molar-refractivity contribution in [1.82, 2.24) is 4.57 Å². The van der Waals surface area contributed by atoms with Crippen molar-refractivity contribution in [2.45, 2.75) is 20.8 Å². The number of nitrogens with zero attached hydrogens (tertiary/aromatic N) is 1. The van der Waals surface area contributed by atoms with Gasteiger partial charge in [-0.2, -0.15) is 0 Å². The SMILES string of the molecule is C=C1Oc2ccccc2-c2ccc(-c3ccc4c5cc(-c6ccc(C)c(-c7ccccc7C)c6)ccc5n(-c5ccccc5)c4c3)cc21.Cc1ccccc1. The van der Waals surface area contributed by atoms with Crippen molar-refractivity contribution in [2.75, 3.05) is 0 Å². The molecule has 1 aliphatic rings. The molecule has 10 rings (SSSR count). The number of hydrogen-bond donors (Lipinski definition) is 0. The molecular formula is C53H41NO. The Morgan fingerprint density at radius 2 is 0.982 bits per heavy atom. The highest BCUT2D eigenvalue weighted by Gasteiger charge is 2.21. The summed E-state index contributed by atoms with van der Waals surface area (Å²) in [4.78, 5) is 0. The Labute approximate surface area is 323 Å². The Morgan fingerprint density at radius 1 is 0.400 bits per heavy atom. The Hall–Kier alpha value is -6.90. The van der Waals surface area contributed by atoms with Crippen LogP contribution in [-0.4, -0.2) is 4.57 Å². The van der Waals surface area contributed by atoms with E-state index in [2.05, 4.69) is 184 Å². The van der Waals surface area contributed by atoms with E-state index in [0.29, 0.717) is 5.76 Å². The van der Waals surface area contributed by atoms with Crippen molar-refractivity contribution >= 4 is 27.6 Å². The number of fused-ring (bicyclic) bond motifs is 6. The van der Waals surface area contributed by atoms with Gasteiger partial charge in [-0.3, -0.25) is 0 Å². The van der Waals surface area contributed by atoms with E-state index in [1.807, 2.05) is 30.3 Å². The van der Waals surface area contributed by atoms with Gasteiger partial charge in [-0.05, 0) is 119 Å². The van der Waals surface area contributed by atoms with Crippen LogP contribution in [0.3, 0.4) is 0 Å². The molecular weight excluding hydrogens is 667 g/mol. The second-order valence-electron chi connectivity index (χ2n) is 14.4. The van der Waals surface area contributed by atoms with Crippen molar-refractivity contribution < 1.29 is 4.74 Å². The molecule has 0 saturated carbocycles. The molecule has 0 saturated heterocycles. The normalized spacial score (nSPS) is 11.7. The number of ether oxygens (including phenoxy) is 1.